The van der Waals surface area contributed by atoms with Crippen molar-refractivity contribution in [2.45, 2.75) is 57.2 Å². The number of hydrogen-bond acceptors (Lipinski definition) is 3. The number of esters is 1. The molecule has 0 N–H and O–H groups in total. The monoisotopic (exact) mass is 302 g/mol. The molecule has 3 heteroatoms. The van der Waals surface area contributed by atoms with Crippen molar-refractivity contribution in [1.29, 1.82) is 0 Å². The third-order valence-electron chi connectivity index (χ3n) is 7.64. The average molecular weight is 302 g/mol. The lowest BCUT2D eigenvalue weighted by atomic mass is 9.60. The Labute approximate surface area is 132 Å². The minimum absolute atomic E-state index is 0.0705. The molecule has 0 radical (unpaired) electrons. The topological polar surface area (TPSA) is 35.5 Å². The SMILES string of the molecule is COC(=O)C12C3C=CC(C3)C1C1CC2CC1OC1CCCC1. The molecule has 3 nitrogen and oxygen atoms in total. The van der Waals surface area contributed by atoms with Gasteiger partial charge in [-0.05, 0) is 61.7 Å². The van der Waals surface area contributed by atoms with Crippen LogP contribution in [0.3, 0.4) is 0 Å². The molecular weight excluding hydrogens is 276 g/mol. The summed E-state index contributed by atoms with van der Waals surface area (Å²) in [6, 6.07) is 0. The highest BCUT2D eigenvalue weighted by molar-refractivity contribution is 5.80. The number of methoxy groups -OCH3 is 1. The number of carbonyl (C=O) groups is 1. The van der Waals surface area contributed by atoms with Crippen molar-refractivity contribution < 1.29 is 14.3 Å². The lowest BCUT2D eigenvalue weighted by Gasteiger charge is -2.45. The number of rotatable bonds is 3. The second kappa shape index (κ2) is 4.59. The van der Waals surface area contributed by atoms with Crippen LogP contribution in [0.5, 0.6) is 0 Å². The van der Waals surface area contributed by atoms with Gasteiger partial charge in [-0.3, -0.25) is 4.79 Å². The van der Waals surface area contributed by atoms with Crippen LogP contribution >= 0.6 is 0 Å². The first kappa shape index (κ1) is 13.6. The van der Waals surface area contributed by atoms with Crippen molar-refractivity contribution in [2.75, 3.05) is 7.11 Å². The van der Waals surface area contributed by atoms with E-state index in [1.165, 1.54) is 38.5 Å². The maximum absolute atomic E-state index is 12.8. The minimum atomic E-state index is -0.200. The van der Waals surface area contributed by atoms with Crippen LogP contribution < -0.4 is 0 Å². The quantitative estimate of drug-likeness (QED) is 0.456. The van der Waals surface area contributed by atoms with E-state index in [0.717, 1.165) is 6.42 Å². The molecule has 4 saturated carbocycles. The molecule has 0 saturated heterocycles. The van der Waals surface area contributed by atoms with Gasteiger partial charge in [0.15, 0.2) is 0 Å². The summed E-state index contributed by atoms with van der Waals surface area (Å²) >= 11 is 0. The molecule has 0 amide bonds. The van der Waals surface area contributed by atoms with Gasteiger partial charge >= 0.3 is 5.97 Å². The van der Waals surface area contributed by atoms with Crippen LogP contribution in [-0.4, -0.2) is 25.3 Å². The highest BCUT2D eigenvalue weighted by Crippen LogP contribution is 2.73. The van der Waals surface area contributed by atoms with Crippen LogP contribution in [-0.2, 0) is 14.3 Å². The number of allylic oxidation sites excluding steroid dienone is 2. The van der Waals surface area contributed by atoms with Gasteiger partial charge in [0.25, 0.3) is 0 Å². The summed E-state index contributed by atoms with van der Waals surface area (Å²) in [7, 11) is 1.57. The van der Waals surface area contributed by atoms with Gasteiger partial charge in [0.05, 0.1) is 24.7 Å². The first-order chi connectivity index (χ1) is 10.7. The molecule has 0 aliphatic heterocycles. The summed E-state index contributed by atoms with van der Waals surface area (Å²) in [6.07, 6.45) is 14.2. The summed E-state index contributed by atoms with van der Waals surface area (Å²) in [4.78, 5) is 12.8. The highest BCUT2D eigenvalue weighted by atomic mass is 16.5. The Morgan fingerprint density at radius 3 is 2.73 bits per heavy atom. The smallest absolute Gasteiger partial charge is 0.312 e. The number of carbonyl (C=O) groups excluding carboxylic acids is 1. The normalized spacial score (nSPS) is 51.7. The Morgan fingerprint density at radius 2 is 1.95 bits per heavy atom. The predicted molar refractivity (Wildman–Crippen MR) is 82.0 cm³/mol. The minimum Gasteiger partial charge on any atom is -0.469 e. The average Bonchev–Trinajstić information content (AvgIpc) is 3.30. The number of fused-ring (bicyclic) bond motifs is 9. The summed E-state index contributed by atoms with van der Waals surface area (Å²) in [5, 5.41) is 0. The van der Waals surface area contributed by atoms with Gasteiger partial charge in [-0.25, -0.2) is 0 Å². The zero-order valence-electron chi connectivity index (χ0n) is 13.4. The summed E-state index contributed by atoms with van der Waals surface area (Å²) in [5.41, 5.74) is -0.200. The largest absolute Gasteiger partial charge is 0.469 e. The maximum atomic E-state index is 12.8. The van der Waals surface area contributed by atoms with E-state index in [9.17, 15) is 4.79 Å². The first-order valence-electron chi connectivity index (χ1n) is 9.17. The van der Waals surface area contributed by atoms with Gasteiger partial charge in [0.1, 0.15) is 0 Å². The van der Waals surface area contributed by atoms with E-state index in [1.807, 2.05) is 0 Å². The zero-order chi connectivity index (χ0) is 14.9. The molecule has 5 aliphatic rings. The van der Waals surface area contributed by atoms with Gasteiger partial charge in [0.2, 0.25) is 0 Å². The van der Waals surface area contributed by atoms with E-state index >= 15 is 0 Å². The van der Waals surface area contributed by atoms with E-state index in [1.54, 1.807) is 7.11 Å². The third kappa shape index (κ3) is 1.49. The van der Waals surface area contributed by atoms with Crippen LogP contribution in [0.2, 0.25) is 0 Å². The van der Waals surface area contributed by atoms with Gasteiger partial charge < -0.3 is 9.47 Å². The molecule has 4 fully saturated rings. The fourth-order valence-corrected chi connectivity index (χ4v) is 7.05. The number of ether oxygens (including phenoxy) is 2. The van der Waals surface area contributed by atoms with E-state index in [0.29, 0.717) is 41.8 Å². The standard InChI is InChI=1S/C19H26O3/c1-21-18(20)19-12-7-6-11(8-12)17(19)15-9-13(19)10-16(15)22-14-4-2-3-5-14/h6-7,11-17H,2-5,8-10H2,1H3. The molecular formula is C19H26O3. The molecule has 5 rings (SSSR count). The van der Waals surface area contributed by atoms with E-state index in [4.69, 9.17) is 9.47 Å². The summed E-state index contributed by atoms with van der Waals surface area (Å²) < 4.78 is 11.8. The van der Waals surface area contributed by atoms with Crippen LogP contribution in [0.25, 0.3) is 0 Å². The third-order valence-corrected chi connectivity index (χ3v) is 7.64. The molecule has 0 aromatic heterocycles. The lowest BCUT2D eigenvalue weighted by Crippen LogP contribution is -2.50. The van der Waals surface area contributed by atoms with Crippen LogP contribution in [0.1, 0.15) is 44.9 Å². The van der Waals surface area contributed by atoms with Crippen LogP contribution in [0, 0.1) is 35.0 Å². The van der Waals surface area contributed by atoms with Crippen molar-refractivity contribution >= 4 is 5.97 Å². The van der Waals surface area contributed by atoms with Crippen molar-refractivity contribution in [3.8, 4) is 0 Å². The molecule has 0 aromatic carbocycles. The summed E-state index contributed by atoms with van der Waals surface area (Å²) in [5.74, 6) is 2.65. The lowest BCUT2D eigenvalue weighted by molar-refractivity contribution is -0.167. The predicted octanol–water partition coefficient (Wildman–Crippen LogP) is 3.34. The molecule has 4 bridgehead atoms. The summed E-state index contributed by atoms with van der Waals surface area (Å²) in [6.45, 7) is 0. The molecule has 0 aromatic rings. The van der Waals surface area contributed by atoms with Gasteiger partial charge in [-0.15, -0.1) is 0 Å². The molecule has 7 atom stereocenters. The highest BCUT2D eigenvalue weighted by Gasteiger charge is 2.74. The molecule has 5 aliphatic carbocycles. The van der Waals surface area contributed by atoms with Crippen LogP contribution in [0.4, 0.5) is 0 Å². The first-order valence-corrected chi connectivity index (χ1v) is 9.17. The van der Waals surface area contributed by atoms with Crippen molar-refractivity contribution in [1.82, 2.24) is 0 Å². The molecule has 22 heavy (non-hydrogen) atoms. The zero-order valence-corrected chi connectivity index (χ0v) is 13.4. The Morgan fingerprint density at radius 1 is 1.14 bits per heavy atom. The van der Waals surface area contributed by atoms with Gasteiger partial charge in [0, 0.05) is 0 Å². The second-order valence-corrected chi connectivity index (χ2v) is 8.25. The maximum Gasteiger partial charge on any atom is 0.312 e. The van der Waals surface area contributed by atoms with E-state index in [2.05, 4.69) is 12.2 Å². The molecule has 0 heterocycles. The van der Waals surface area contributed by atoms with E-state index < -0.39 is 0 Å². The fourth-order valence-electron chi connectivity index (χ4n) is 7.05. The number of hydrogen-bond donors (Lipinski definition) is 0. The van der Waals surface area contributed by atoms with Gasteiger partial charge in [-0.2, -0.15) is 0 Å². The van der Waals surface area contributed by atoms with Crippen molar-refractivity contribution in [3.63, 3.8) is 0 Å². The Hall–Kier alpha value is -0.830. The van der Waals surface area contributed by atoms with Gasteiger partial charge in [-0.1, -0.05) is 25.0 Å². The van der Waals surface area contributed by atoms with Crippen LogP contribution in [0.15, 0.2) is 12.2 Å². The molecule has 120 valence electrons. The van der Waals surface area contributed by atoms with E-state index in [-0.39, 0.29) is 11.4 Å². The Bertz CT molecular complexity index is 521. The Balaban J connectivity index is 1.45. The fraction of sp³-hybridized carbons (Fsp3) is 0.842. The molecule has 0 spiro atoms. The second-order valence-electron chi connectivity index (χ2n) is 8.25. The van der Waals surface area contributed by atoms with Crippen molar-refractivity contribution in [2.24, 2.45) is 35.0 Å². The Kier molecular flexibility index (Phi) is 2.84. The van der Waals surface area contributed by atoms with Crippen molar-refractivity contribution in [3.05, 3.63) is 12.2 Å². The molecule has 7 unspecified atom stereocenters.